The van der Waals surface area contributed by atoms with Gasteiger partial charge in [0.1, 0.15) is 0 Å². The number of nitrogen functional groups attached to an aromatic ring is 1. The maximum Gasteiger partial charge on any atom is 1.00 e. The fourth-order valence-corrected chi connectivity index (χ4v) is 9.21. The van der Waals surface area contributed by atoms with E-state index in [0.29, 0.717) is 12.5 Å². The van der Waals surface area contributed by atoms with Gasteiger partial charge in [-0.15, -0.1) is 0 Å². The van der Waals surface area contributed by atoms with Gasteiger partial charge in [0, 0.05) is 87.4 Å². The van der Waals surface area contributed by atoms with Gasteiger partial charge in [-0.1, -0.05) is 69.8 Å². The van der Waals surface area contributed by atoms with Crippen LogP contribution in [-0.2, 0) is 42.9 Å². The van der Waals surface area contributed by atoms with Gasteiger partial charge in [-0.05, 0) is 224 Å². The first-order valence-corrected chi connectivity index (χ1v) is 32.8. The minimum Gasteiger partial charge on any atom is -1.00 e. The molecule has 2 aliphatic rings. The Morgan fingerprint density at radius 1 is 0.617 bits per heavy atom. The Kier molecular flexibility index (Phi) is 48.7. The normalized spacial score (nSPS) is 14.7. The molecule has 10 N–H and O–H groups in total. The van der Waals surface area contributed by atoms with Gasteiger partial charge in [0.15, 0.2) is 0 Å². The van der Waals surface area contributed by atoms with Crippen LogP contribution in [0.4, 0.5) is 46.7 Å². The van der Waals surface area contributed by atoms with Crippen molar-refractivity contribution in [3.8, 4) is 0 Å². The van der Waals surface area contributed by atoms with E-state index in [-0.39, 0.29) is 124 Å². The van der Waals surface area contributed by atoms with Crippen molar-refractivity contribution in [2.75, 3.05) is 21.3 Å². The number of anilines is 4. The maximum absolute atomic E-state index is 11.9. The molecular formula is C64H91BBr4ClN9NaO14. The van der Waals surface area contributed by atoms with Gasteiger partial charge in [-0.3, -0.25) is 29.8 Å². The number of ether oxygens (including phenoxy) is 5. The zero-order valence-electron chi connectivity index (χ0n) is 57.4. The molecule has 5 atom stereocenters. The van der Waals surface area contributed by atoms with Crippen LogP contribution in [0.15, 0.2) is 115 Å². The third-order valence-electron chi connectivity index (χ3n) is 11.1. The summed E-state index contributed by atoms with van der Waals surface area (Å²) in [6.07, 6.45) is 0.689. The molecule has 3 radical (unpaired) electrons. The SMILES string of the molecule is C/C=C/C(=O)NC(=O)OC(C)C.CC(=O)Cl.CC(=O)N1c2ccc(Br)cc2[C@H](NC(=O)OC(C)C)C[C@@H]1C.CC(C)OC(=O)NC(=O)C[C@H](C)Nc1ccc(Br)cc1.CC(C)OC(=O)N[C@@H]1C[C@H](C)Nc2ccc(Br)cc21.CC(C)OC(N)=O.Nc1ccc(Br)cc1.[B].[H-].[Na+]. The van der Waals surface area contributed by atoms with E-state index in [2.05, 4.69) is 124 Å². The number of nitrogens with two attached hydrogens (primary N) is 2. The summed E-state index contributed by atoms with van der Waals surface area (Å²) in [6, 6.07) is 27.0. The number of carbonyl (C=O) groups excluding carboxylic acids is 9. The Morgan fingerprint density at radius 2 is 1.02 bits per heavy atom. The van der Waals surface area contributed by atoms with E-state index in [1.165, 1.54) is 19.1 Å². The molecule has 2 aliphatic heterocycles. The Labute approximate surface area is 617 Å². The Morgan fingerprint density at radius 3 is 1.44 bits per heavy atom. The molecule has 23 nitrogen and oxygen atoms in total. The van der Waals surface area contributed by atoms with E-state index in [1.54, 1.807) is 60.3 Å². The first-order chi connectivity index (χ1) is 42.8. The van der Waals surface area contributed by atoms with Gasteiger partial charge >= 0.3 is 60.0 Å². The topological polar surface area (TPSA) is 327 Å². The average molecular weight is 1600 g/mol. The van der Waals surface area contributed by atoms with E-state index < -0.39 is 30.3 Å². The number of amides is 8. The monoisotopic (exact) mass is 1590 g/mol. The molecule has 0 saturated carbocycles. The molecule has 4 aromatic carbocycles. The molecule has 0 bridgehead atoms. The van der Waals surface area contributed by atoms with Crippen LogP contribution in [0.1, 0.15) is 155 Å². The Bertz CT molecular complexity index is 3010. The van der Waals surface area contributed by atoms with E-state index in [1.807, 2.05) is 132 Å². The molecule has 6 rings (SSSR count). The first-order valence-electron chi connectivity index (χ1n) is 29.2. The summed E-state index contributed by atoms with van der Waals surface area (Å²) >= 11 is 18.2. The summed E-state index contributed by atoms with van der Waals surface area (Å²) in [6.45, 7) is 28.1. The number of alkyl carbamates (subject to hydrolysis) is 4. The van der Waals surface area contributed by atoms with Crippen LogP contribution >= 0.6 is 75.3 Å². The number of rotatable bonds is 12. The zero-order chi connectivity index (χ0) is 70.5. The zero-order valence-corrected chi connectivity index (χ0v) is 65.5. The molecular weight excluding hydrogens is 1510 g/mol. The number of carbonyl (C=O) groups is 9. The summed E-state index contributed by atoms with van der Waals surface area (Å²) in [5.74, 6) is -0.838. The molecule has 0 unspecified atom stereocenters. The predicted molar refractivity (Wildman–Crippen MR) is 382 cm³/mol. The molecule has 8 amide bonds. The Hall–Kier alpha value is -5.88. The van der Waals surface area contributed by atoms with Crippen LogP contribution < -0.4 is 77.8 Å². The van der Waals surface area contributed by atoms with Gasteiger partial charge in [0.2, 0.25) is 17.1 Å². The second kappa shape index (κ2) is 49.6. The fourth-order valence-electron chi connectivity index (χ4n) is 7.93. The van der Waals surface area contributed by atoms with Crippen molar-refractivity contribution in [1.29, 1.82) is 0 Å². The van der Waals surface area contributed by atoms with E-state index in [0.717, 1.165) is 58.2 Å². The number of fused-ring (bicyclic) bond motifs is 2. The number of hydrogen-bond acceptors (Lipinski definition) is 17. The van der Waals surface area contributed by atoms with Gasteiger partial charge in [-0.2, -0.15) is 0 Å². The minimum absolute atomic E-state index is 0. The number of primary amides is 1. The number of halogens is 5. The van der Waals surface area contributed by atoms with Crippen molar-refractivity contribution in [2.24, 2.45) is 5.73 Å². The van der Waals surface area contributed by atoms with Gasteiger partial charge in [-0.25, -0.2) is 24.0 Å². The summed E-state index contributed by atoms with van der Waals surface area (Å²) in [5.41, 5.74) is 15.7. The second-order valence-electron chi connectivity index (χ2n) is 21.7. The van der Waals surface area contributed by atoms with E-state index >= 15 is 0 Å². The van der Waals surface area contributed by atoms with E-state index in [9.17, 15) is 43.2 Å². The Balaban J connectivity index is -0.000000533. The summed E-state index contributed by atoms with van der Waals surface area (Å²) in [4.78, 5) is 101. The first kappa shape index (κ1) is 92.3. The minimum atomic E-state index is -0.715. The van der Waals surface area contributed by atoms with Crippen LogP contribution in [0.2, 0.25) is 0 Å². The maximum atomic E-state index is 11.9. The molecule has 0 aliphatic carbocycles. The van der Waals surface area contributed by atoms with Crippen LogP contribution in [-0.4, -0.2) is 110 Å². The molecule has 0 aromatic heterocycles. The second-order valence-corrected chi connectivity index (χ2v) is 25.9. The van der Waals surface area contributed by atoms with Gasteiger partial charge in [0.25, 0.3) is 5.91 Å². The molecule has 0 spiro atoms. The molecule has 30 heteroatoms. The summed E-state index contributed by atoms with van der Waals surface area (Å²) in [7, 11) is 0. The number of allylic oxidation sites excluding steroid dienone is 1. The molecule has 4 aromatic rings. The van der Waals surface area contributed by atoms with Crippen molar-refractivity contribution in [3.05, 3.63) is 126 Å². The van der Waals surface area contributed by atoms with Crippen LogP contribution in [0.5, 0.6) is 0 Å². The smallest absolute Gasteiger partial charge is 1.00 e. The van der Waals surface area contributed by atoms with Crippen LogP contribution in [0.3, 0.4) is 0 Å². The largest absolute Gasteiger partial charge is 1.00 e. The average Bonchev–Trinajstić information content (AvgIpc) is 0.815. The van der Waals surface area contributed by atoms with Crippen molar-refractivity contribution < 1.29 is 97.8 Å². The summed E-state index contributed by atoms with van der Waals surface area (Å²) in [5, 5.41) is 16.3. The van der Waals surface area contributed by atoms with E-state index in [4.69, 9.17) is 19.9 Å². The van der Waals surface area contributed by atoms with Gasteiger partial charge < -0.3 is 62.7 Å². The van der Waals surface area contributed by atoms with Crippen molar-refractivity contribution in [3.63, 3.8) is 0 Å². The van der Waals surface area contributed by atoms with Crippen LogP contribution in [0, 0.1) is 0 Å². The number of hydrogen-bond donors (Lipinski definition) is 8. The molecule has 515 valence electrons. The standard InChI is InChI=1S/C16H21BrN2O3.C14H19BrN2O3.C14H19BrN2O2.C8H13NO3.C6H6BrN.C4H9NO2.C2H3ClO.B.Na.H/c1-9(2)22-16(21)18-14-7-10(3)19(11(4)20)15-6-5-12(17)8-13(14)15;1-9(2)20-14(19)17-13(18)8-10(3)16-12-6-4-11(15)5-7-12;1-8(2)19-14(18)17-13-6-9(3)16-12-5-4-10(15)7-11(12)13;1-4-5-7(10)9-8(11)12-6(2)3;7-5-1-3-6(8)4-2-5;1-3(2)7-4(5)6;1-2(3)4;;;/h5-6,8-10,14H,7H2,1-4H3,(H,18,21);4-7,9-10,16H,8H2,1-3H3,(H,17,18,19);4-5,7-9,13,16H,6H2,1-3H3,(H,17,18);4-6H,1-3H3,(H,9,10,11);1-4H,8H2;3H,1-2H3,(H2,5,6);1H3;;;/q;;;;;;;;+1;-1/b;;;5-4+;;;;;;/t10-,14+;10-;9-,13+;;;;;;;/m000......./s1. The fraction of sp³-hybridized carbons (Fsp3) is 0.453. The number of nitrogens with zero attached hydrogens (tertiary/aromatic N) is 1. The van der Waals surface area contributed by atoms with Crippen LogP contribution in [0.25, 0.3) is 0 Å². The number of nitrogens with one attached hydrogen (secondary N) is 6. The van der Waals surface area contributed by atoms with Crippen molar-refractivity contribution >= 4 is 160 Å². The predicted octanol–water partition coefficient (Wildman–Crippen LogP) is 12.2. The number of benzene rings is 4. The van der Waals surface area contributed by atoms with Crippen molar-refractivity contribution in [1.82, 2.24) is 21.3 Å². The summed E-state index contributed by atoms with van der Waals surface area (Å²) < 4.78 is 28.2. The number of imide groups is 2. The molecule has 2 heterocycles. The molecule has 94 heavy (non-hydrogen) atoms. The molecule has 0 fully saturated rings. The molecule has 0 saturated heterocycles. The third-order valence-corrected chi connectivity index (χ3v) is 13.1. The third kappa shape index (κ3) is 44.0. The quantitative estimate of drug-likeness (QED) is 0.0215. The van der Waals surface area contributed by atoms with Gasteiger partial charge in [0.05, 0.1) is 42.6 Å². The van der Waals surface area contributed by atoms with Crippen molar-refractivity contribution in [2.45, 2.75) is 191 Å².